The summed E-state index contributed by atoms with van der Waals surface area (Å²) in [6.45, 7) is 8.22. The van der Waals surface area contributed by atoms with Crippen LogP contribution in [0.5, 0.6) is 0 Å². The Kier molecular flexibility index (Phi) is 5.99. The molecule has 0 aliphatic carbocycles. The van der Waals surface area contributed by atoms with Crippen molar-refractivity contribution in [2.45, 2.75) is 46.2 Å². The molecular formula is C12H24N2O4S. The Morgan fingerprint density at radius 3 is 2.00 bits per heavy atom. The van der Waals surface area contributed by atoms with Crippen LogP contribution in [0.3, 0.4) is 0 Å². The van der Waals surface area contributed by atoms with Crippen molar-refractivity contribution in [3.63, 3.8) is 0 Å². The van der Waals surface area contributed by atoms with Crippen LogP contribution in [-0.4, -0.2) is 43.8 Å². The topological polar surface area (TPSA) is 92.3 Å². The Morgan fingerprint density at radius 2 is 1.68 bits per heavy atom. The number of hydrogen-bond acceptors (Lipinski definition) is 4. The van der Waals surface area contributed by atoms with E-state index >= 15 is 0 Å². The predicted octanol–water partition coefficient (Wildman–Crippen LogP) is 0.0865. The number of carbonyl (C=O) groups excluding carboxylic acids is 2. The van der Waals surface area contributed by atoms with Crippen LogP contribution in [0.15, 0.2) is 0 Å². The molecule has 2 amide bonds. The maximum absolute atomic E-state index is 12.2. The summed E-state index contributed by atoms with van der Waals surface area (Å²) in [4.78, 5) is 23.4. The fraction of sp³-hybridized carbons (Fsp3) is 0.833. The second kappa shape index (κ2) is 6.36. The lowest BCUT2D eigenvalue weighted by atomic mass is 9.87. The van der Waals surface area contributed by atoms with Gasteiger partial charge in [-0.2, -0.15) is 0 Å². The molecule has 7 heteroatoms. The van der Waals surface area contributed by atoms with E-state index in [0.717, 1.165) is 6.26 Å². The summed E-state index contributed by atoms with van der Waals surface area (Å²) in [6, 6.07) is -0.505. The van der Waals surface area contributed by atoms with Gasteiger partial charge in [0.15, 0.2) is 0 Å². The van der Waals surface area contributed by atoms with Crippen molar-refractivity contribution in [3.05, 3.63) is 0 Å². The molecule has 0 radical (unpaired) electrons. The number of hydrogen-bond donors (Lipinski definition) is 2. The second-order valence-electron chi connectivity index (χ2n) is 5.51. The van der Waals surface area contributed by atoms with E-state index in [0.29, 0.717) is 0 Å². The zero-order valence-corrected chi connectivity index (χ0v) is 13.2. The third kappa shape index (κ3) is 6.04. The molecule has 2 unspecified atom stereocenters. The quantitative estimate of drug-likeness (QED) is 0.725. The monoisotopic (exact) mass is 292 g/mol. The molecule has 112 valence electrons. The molecule has 0 aromatic heterocycles. The molecule has 0 aromatic rings. The Balaban J connectivity index is 4.89. The van der Waals surface area contributed by atoms with Crippen molar-refractivity contribution in [2.24, 2.45) is 5.92 Å². The van der Waals surface area contributed by atoms with E-state index in [-0.39, 0.29) is 23.5 Å². The van der Waals surface area contributed by atoms with Crippen LogP contribution >= 0.6 is 0 Å². The molecule has 0 spiro atoms. The van der Waals surface area contributed by atoms with Crippen molar-refractivity contribution in [2.75, 3.05) is 12.0 Å². The molecule has 0 aromatic carbocycles. The minimum absolute atomic E-state index is 0.123. The molecule has 0 heterocycles. The molecule has 0 fully saturated rings. The van der Waals surface area contributed by atoms with E-state index in [9.17, 15) is 18.0 Å². The van der Waals surface area contributed by atoms with Gasteiger partial charge in [0.2, 0.25) is 11.8 Å². The first-order valence-electron chi connectivity index (χ1n) is 6.16. The molecule has 0 aliphatic rings. The standard InChI is InChI=1S/C12H24N2O4S/c1-8(2)12(5,14-10(4)15)11(16)13-9(3)7-19(6,17)18/h8-9H,7H2,1-6H3,(H,13,16)(H,14,15). The number of carbonyl (C=O) groups is 2. The number of rotatable bonds is 6. The highest BCUT2D eigenvalue weighted by atomic mass is 32.2. The van der Waals surface area contributed by atoms with E-state index in [1.165, 1.54) is 6.92 Å². The van der Waals surface area contributed by atoms with Gasteiger partial charge in [-0.05, 0) is 19.8 Å². The molecule has 0 saturated carbocycles. The Bertz CT molecular complexity index is 445. The van der Waals surface area contributed by atoms with Crippen molar-refractivity contribution in [3.8, 4) is 0 Å². The number of nitrogens with one attached hydrogen (secondary N) is 2. The highest BCUT2D eigenvalue weighted by molar-refractivity contribution is 7.90. The minimum Gasteiger partial charge on any atom is -0.351 e. The normalized spacial score (nSPS) is 16.6. The van der Waals surface area contributed by atoms with Gasteiger partial charge in [-0.1, -0.05) is 13.8 Å². The average molecular weight is 292 g/mol. The summed E-state index contributed by atoms with van der Waals surface area (Å²) in [5, 5.41) is 5.25. The van der Waals surface area contributed by atoms with Gasteiger partial charge >= 0.3 is 0 Å². The highest BCUT2D eigenvalue weighted by Gasteiger charge is 2.38. The lowest BCUT2D eigenvalue weighted by Gasteiger charge is -2.34. The van der Waals surface area contributed by atoms with Gasteiger partial charge in [-0.3, -0.25) is 9.59 Å². The summed E-state index contributed by atoms with van der Waals surface area (Å²) in [7, 11) is -3.16. The fourth-order valence-corrected chi connectivity index (χ4v) is 2.69. The third-order valence-corrected chi connectivity index (χ3v) is 4.10. The van der Waals surface area contributed by atoms with Crippen LogP contribution in [-0.2, 0) is 19.4 Å². The molecule has 0 saturated heterocycles. The van der Waals surface area contributed by atoms with E-state index in [4.69, 9.17) is 0 Å². The molecule has 0 rings (SSSR count). The summed E-state index contributed by atoms with van der Waals surface area (Å²) >= 11 is 0. The second-order valence-corrected chi connectivity index (χ2v) is 7.69. The lowest BCUT2D eigenvalue weighted by Crippen LogP contribution is -2.61. The summed E-state index contributed by atoms with van der Waals surface area (Å²) in [5.41, 5.74) is -1.06. The van der Waals surface area contributed by atoms with E-state index < -0.39 is 21.4 Å². The van der Waals surface area contributed by atoms with Crippen LogP contribution in [0.2, 0.25) is 0 Å². The van der Waals surface area contributed by atoms with Crippen molar-refractivity contribution in [1.82, 2.24) is 10.6 Å². The maximum atomic E-state index is 12.2. The van der Waals surface area contributed by atoms with Crippen LogP contribution in [0.1, 0.15) is 34.6 Å². The molecule has 0 aliphatic heterocycles. The van der Waals surface area contributed by atoms with Crippen molar-refractivity contribution >= 4 is 21.7 Å². The SMILES string of the molecule is CC(=O)NC(C)(C(=O)NC(C)CS(C)(=O)=O)C(C)C. The molecular weight excluding hydrogens is 268 g/mol. The summed E-state index contributed by atoms with van der Waals surface area (Å²) in [6.07, 6.45) is 1.12. The van der Waals surface area contributed by atoms with Gasteiger partial charge in [0.05, 0.1) is 5.75 Å². The first-order valence-corrected chi connectivity index (χ1v) is 8.22. The smallest absolute Gasteiger partial charge is 0.245 e. The highest BCUT2D eigenvalue weighted by Crippen LogP contribution is 2.17. The number of sulfone groups is 1. The van der Waals surface area contributed by atoms with Gasteiger partial charge in [0, 0.05) is 19.2 Å². The Hall–Kier alpha value is -1.11. The maximum Gasteiger partial charge on any atom is 0.245 e. The Morgan fingerprint density at radius 1 is 1.21 bits per heavy atom. The minimum atomic E-state index is -3.16. The number of amides is 2. The largest absolute Gasteiger partial charge is 0.351 e. The molecule has 0 bridgehead atoms. The van der Waals surface area contributed by atoms with Crippen LogP contribution in [0, 0.1) is 5.92 Å². The first-order chi connectivity index (χ1) is 8.38. The van der Waals surface area contributed by atoms with E-state index in [1.54, 1.807) is 13.8 Å². The van der Waals surface area contributed by atoms with Gasteiger partial charge < -0.3 is 10.6 Å². The zero-order chi connectivity index (χ0) is 15.4. The Labute approximate surface area is 115 Å². The van der Waals surface area contributed by atoms with Gasteiger partial charge in [-0.15, -0.1) is 0 Å². The van der Waals surface area contributed by atoms with Gasteiger partial charge in [0.25, 0.3) is 0 Å². The predicted molar refractivity (Wildman–Crippen MR) is 74.4 cm³/mol. The van der Waals surface area contributed by atoms with Crippen LogP contribution in [0.4, 0.5) is 0 Å². The summed E-state index contributed by atoms with van der Waals surface area (Å²) in [5.74, 6) is -0.940. The van der Waals surface area contributed by atoms with E-state index in [2.05, 4.69) is 10.6 Å². The molecule has 6 nitrogen and oxygen atoms in total. The van der Waals surface area contributed by atoms with Crippen molar-refractivity contribution < 1.29 is 18.0 Å². The van der Waals surface area contributed by atoms with Gasteiger partial charge in [-0.25, -0.2) is 8.42 Å². The zero-order valence-electron chi connectivity index (χ0n) is 12.4. The van der Waals surface area contributed by atoms with Gasteiger partial charge in [0.1, 0.15) is 15.4 Å². The average Bonchev–Trinajstić information content (AvgIpc) is 2.12. The van der Waals surface area contributed by atoms with E-state index in [1.807, 2.05) is 13.8 Å². The van der Waals surface area contributed by atoms with Crippen molar-refractivity contribution in [1.29, 1.82) is 0 Å². The summed E-state index contributed by atoms with van der Waals surface area (Å²) < 4.78 is 22.3. The molecule has 2 atom stereocenters. The third-order valence-electron chi connectivity index (χ3n) is 2.99. The molecule has 19 heavy (non-hydrogen) atoms. The van der Waals surface area contributed by atoms with Crippen LogP contribution in [0.25, 0.3) is 0 Å². The molecule has 2 N–H and O–H groups in total. The first kappa shape index (κ1) is 17.9. The fourth-order valence-electron chi connectivity index (χ4n) is 1.70. The lowest BCUT2D eigenvalue weighted by molar-refractivity contribution is -0.134. The van der Waals surface area contributed by atoms with Crippen LogP contribution < -0.4 is 10.6 Å².